The van der Waals surface area contributed by atoms with Crippen LogP contribution in [0.1, 0.15) is 17.0 Å². The van der Waals surface area contributed by atoms with E-state index in [2.05, 4.69) is 26.7 Å². The number of fused-ring (bicyclic) bond motifs is 1. The lowest BCUT2D eigenvalue weighted by molar-refractivity contribution is 0.756. The first-order valence-electron chi connectivity index (χ1n) is 6.57. The van der Waals surface area contributed by atoms with E-state index in [0.717, 1.165) is 22.2 Å². The van der Waals surface area contributed by atoms with Gasteiger partial charge in [-0.3, -0.25) is 4.68 Å². The van der Waals surface area contributed by atoms with E-state index >= 15 is 0 Å². The third-order valence-corrected chi connectivity index (χ3v) is 3.34. The van der Waals surface area contributed by atoms with Gasteiger partial charge in [0.05, 0.1) is 16.9 Å². The number of aromatic nitrogens is 4. The number of rotatable bonds is 3. The van der Waals surface area contributed by atoms with Gasteiger partial charge in [-0.15, -0.1) is 10.2 Å². The maximum atomic E-state index is 9.22. The first kappa shape index (κ1) is 13.1. The Morgan fingerprint density at radius 2 is 2.10 bits per heavy atom. The minimum atomic E-state index is 0.301. The smallest absolute Gasteiger partial charge is 0.186 e. The molecule has 0 spiro atoms. The average molecular weight is 278 g/mol. The minimum absolute atomic E-state index is 0.301. The molecule has 2 heterocycles. The van der Waals surface area contributed by atoms with Crippen LogP contribution in [0.5, 0.6) is 0 Å². The topological polar surface area (TPSA) is 79.4 Å². The van der Waals surface area contributed by atoms with E-state index in [1.807, 2.05) is 44.4 Å². The van der Waals surface area contributed by atoms with E-state index in [-0.39, 0.29) is 0 Å². The van der Waals surface area contributed by atoms with E-state index in [1.54, 1.807) is 4.68 Å². The van der Waals surface area contributed by atoms with Crippen LogP contribution in [-0.4, -0.2) is 20.0 Å². The van der Waals surface area contributed by atoms with Crippen LogP contribution in [0.25, 0.3) is 10.9 Å². The van der Waals surface area contributed by atoms with Crippen LogP contribution in [0.4, 0.5) is 5.69 Å². The fraction of sp³-hybridized carbons (Fsp3) is 0.200. The second-order valence-corrected chi connectivity index (χ2v) is 4.82. The Balaban J connectivity index is 1.99. The van der Waals surface area contributed by atoms with Crippen LogP contribution < -0.4 is 5.32 Å². The Labute approximate surface area is 122 Å². The summed E-state index contributed by atoms with van der Waals surface area (Å²) < 4.78 is 1.78. The predicted octanol–water partition coefficient (Wildman–Crippen LogP) is 2.16. The van der Waals surface area contributed by atoms with Gasteiger partial charge in [-0.2, -0.15) is 10.4 Å². The number of nitrogens with one attached hydrogen (secondary N) is 1. The Bertz CT molecular complexity index is 843. The normalized spacial score (nSPS) is 10.5. The summed E-state index contributed by atoms with van der Waals surface area (Å²) in [7, 11) is 1.89. The number of nitrogens with zero attached hydrogens (tertiary/aromatic N) is 5. The number of benzene rings is 1. The molecule has 0 saturated carbocycles. The van der Waals surface area contributed by atoms with Gasteiger partial charge in [0, 0.05) is 30.7 Å². The Kier molecular flexibility index (Phi) is 3.24. The van der Waals surface area contributed by atoms with Gasteiger partial charge in [-0.1, -0.05) is 18.2 Å². The Hall–Kier alpha value is -2.94. The molecule has 0 bridgehead atoms. The zero-order valence-electron chi connectivity index (χ0n) is 11.8. The molecule has 3 aromatic rings. The molecule has 1 N–H and O–H groups in total. The maximum Gasteiger partial charge on any atom is 0.186 e. The van der Waals surface area contributed by atoms with Crippen molar-refractivity contribution in [2.24, 2.45) is 7.05 Å². The van der Waals surface area contributed by atoms with Crippen molar-refractivity contribution in [1.82, 2.24) is 20.0 Å². The van der Waals surface area contributed by atoms with Gasteiger partial charge < -0.3 is 5.32 Å². The first-order chi connectivity index (χ1) is 10.2. The van der Waals surface area contributed by atoms with Crippen LogP contribution in [0, 0.1) is 18.3 Å². The van der Waals surface area contributed by atoms with E-state index in [1.165, 1.54) is 0 Å². The van der Waals surface area contributed by atoms with Crippen LogP contribution in [0.15, 0.2) is 30.5 Å². The molecule has 6 nitrogen and oxygen atoms in total. The van der Waals surface area contributed by atoms with Crippen molar-refractivity contribution >= 4 is 16.6 Å². The van der Waals surface area contributed by atoms with Crippen molar-refractivity contribution < 1.29 is 0 Å². The molecule has 0 fully saturated rings. The Morgan fingerprint density at radius 1 is 1.29 bits per heavy atom. The van der Waals surface area contributed by atoms with Gasteiger partial charge in [-0.25, -0.2) is 0 Å². The zero-order valence-corrected chi connectivity index (χ0v) is 11.8. The molecule has 3 rings (SSSR count). The van der Waals surface area contributed by atoms with Gasteiger partial charge in [0.2, 0.25) is 0 Å². The number of hydrogen-bond donors (Lipinski definition) is 1. The minimum Gasteiger partial charge on any atom is -0.378 e. The fourth-order valence-corrected chi connectivity index (χ4v) is 2.32. The number of hydrogen-bond acceptors (Lipinski definition) is 5. The van der Waals surface area contributed by atoms with Crippen LogP contribution >= 0.6 is 0 Å². The summed E-state index contributed by atoms with van der Waals surface area (Å²) in [5.41, 5.74) is 3.83. The lowest BCUT2D eigenvalue weighted by Gasteiger charge is -2.09. The molecule has 0 aliphatic carbocycles. The SMILES string of the molecule is Cc1nn(C)cc1CNc1c(C#N)nnc2ccccc12. The zero-order chi connectivity index (χ0) is 14.8. The van der Waals surface area contributed by atoms with E-state index in [4.69, 9.17) is 0 Å². The third-order valence-electron chi connectivity index (χ3n) is 3.34. The molecule has 6 heteroatoms. The number of nitriles is 1. The van der Waals surface area contributed by atoms with Crippen LogP contribution in [0.2, 0.25) is 0 Å². The molecule has 0 saturated heterocycles. The van der Waals surface area contributed by atoms with Crippen LogP contribution in [0.3, 0.4) is 0 Å². The quantitative estimate of drug-likeness (QED) is 0.794. The average Bonchev–Trinajstić information content (AvgIpc) is 2.82. The third kappa shape index (κ3) is 2.41. The monoisotopic (exact) mass is 278 g/mol. The first-order valence-corrected chi connectivity index (χ1v) is 6.57. The summed E-state index contributed by atoms with van der Waals surface area (Å²) in [6, 6.07) is 9.72. The summed E-state index contributed by atoms with van der Waals surface area (Å²) in [6.45, 7) is 2.55. The molecule has 0 amide bonds. The molecule has 2 aromatic heterocycles. The fourth-order valence-electron chi connectivity index (χ4n) is 2.32. The Morgan fingerprint density at radius 3 is 2.81 bits per heavy atom. The largest absolute Gasteiger partial charge is 0.378 e. The van der Waals surface area contributed by atoms with Gasteiger partial charge in [-0.05, 0) is 13.0 Å². The highest BCUT2D eigenvalue weighted by Gasteiger charge is 2.11. The van der Waals surface area contributed by atoms with Crippen molar-refractivity contribution in [3.8, 4) is 6.07 Å². The van der Waals surface area contributed by atoms with Crippen molar-refractivity contribution in [3.63, 3.8) is 0 Å². The molecule has 1 aromatic carbocycles. The van der Waals surface area contributed by atoms with E-state index < -0.39 is 0 Å². The predicted molar refractivity (Wildman–Crippen MR) is 79.5 cm³/mol. The van der Waals surface area contributed by atoms with Gasteiger partial charge in [0.25, 0.3) is 0 Å². The maximum absolute atomic E-state index is 9.22. The van der Waals surface area contributed by atoms with Crippen molar-refractivity contribution in [2.45, 2.75) is 13.5 Å². The summed E-state index contributed by atoms with van der Waals surface area (Å²) in [5, 5.41) is 25.8. The van der Waals surface area contributed by atoms with Crippen molar-refractivity contribution in [3.05, 3.63) is 47.4 Å². The number of anilines is 1. The van der Waals surface area contributed by atoms with Crippen molar-refractivity contribution in [1.29, 1.82) is 5.26 Å². The van der Waals surface area contributed by atoms with Crippen molar-refractivity contribution in [2.75, 3.05) is 5.32 Å². The van der Waals surface area contributed by atoms with E-state index in [9.17, 15) is 5.26 Å². The number of aryl methyl sites for hydroxylation is 2. The summed E-state index contributed by atoms with van der Waals surface area (Å²) in [4.78, 5) is 0. The summed E-state index contributed by atoms with van der Waals surface area (Å²) >= 11 is 0. The van der Waals surface area contributed by atoms with Gasteiger partial charge >= 0.3 is 0 Å². The molecule has 21 heavy (non-hydrogen) atoms. The molecule has 0 aliphatic heterocycles. The highest BCUT2D eigenvalue weighted by molar-refractivity contribution is 5.92. The van der Waals surface area contributed by atoms with Gasteiger partial charge in [0.1, 0.15) is 6.07 Å². The molecule has 0 radical (unpaired) electrons. The second kappa shape index (κ2) is 5.21. The van der Waals surface area contributed by atoms with E-state index in [0.29, 0.717) is 17.9 Å². The molecular formula is C15H14N6. The summed E-state index contributed by atoms with van der Waals surface area (Å²) in [6.07, 6.45) is 1.96. The highest BCUT2D eigenvalue weighted by Crippen LogP contribution is 2.24. The molecular weight excluding hydrogens is 264 g/mol. The standard InChI is InChI=1S/C15H14N6/c1-10-11(9-21(2)20-10)8-17-15-12-5-3-4-6-13(12)18-19-14(15)7-16/h3-6,9H,8H2,1-2H3,(H,17,18). The van der Waals surface area contributed by atoms with Gasteiger partial charge in [0.15, 0.2) is 5.69 Å². The molecule has 0 aliphatic rings. The lowest BCUT2D eigenvalue weighted by atomic mass is 10.1. The summed E-state index contributed by atoms with van der Waals surface area (Å²) in [5.74, 6) is 0. The molecule has 0 unspecified atom stereocenters. The highest BCUT2D eigenvalue weighted by atomic mass is 15.3. The van der Waals surface area contributed by atoms with Crippen LogP contribution in [-0.2, 0) is 13.6 Å². The second-order valence-electron chi connectivity index (χ2n) is 4.82. The lowest BCUT2D eigenvalue weighted by Crippen LogP contribution is -2.05. The molecule has 104 valence electrons. The molecule has 0 atom stereocenters.